The topological polar surface area (TPSA) is 72.0 Å². The van der Waals surface area contributed by atoms with Crippen molar-refractivity contribution in [2.75, 3.05) is 18.7 Å². The van der Waals surface area contributed by atoms with Crippen LogP contribution in [0.3, 0.4) is 0 Å². The van der Waals surface area contributed by atoms with Crippen molar-refractivity contribution >= 4 is 29.4 Å². The van der Waals surface area contributed by atoms with Crippen LogP contribution in [0.5, 0.6) is 11.5 Å². The highest BCUT2D eigenvalue weighted by Crippen LogP contribution is 2.36. The number of fused-ring (bicyclic) bond motifs is 1. The van der Waals surface area contributed by atoms with E-state index in [9.17, 15) is 4.79 Å². The number of ether oxygens (including phenoxy) is 2. The molecule has 1 heterocycles. The maximum atomic E-state index is 11.8. The summed E-state index contributed by atoms with van der Waals surface area (Å²) in [7, 11) is 0. The van der Waals surface area contributed by atoms with Crippen molar-refractivity contribution in [3.05, 3.63) is 52.5 Å². The molecule has 3 rings (SSSR count). The molecule has 2 aromatic carbocycles. The Kier molecular flexibility index (Phi) is 4.86. The molecule has 0 aromatic heterocycles. The van der Waals surface area contributed by atoms with Gasteiger partial charge in [-0.05, 0) is 30.7 Å². The van der Waals surface area contributed by atoms with Gasteiger partial charge < -0.3 is 14.8 Å². The minimum Gasteiger partial charge on any atom is -0.454 e. The Morgan fingerprint density at radius 1 is 1.29 bits per heavy atom. The van der Waals surface area contributed by atoms with Crippen LogP contribution in [0.2, 0.25) is 5.02 Å². The standard InChI is InChI=1S/C17H16ClN3O3/c1-11-3-2-4-13(5-11)19-9-17(22)21-20-8-12-6-15-16(7-14(12)18)24-10-23-15/h2-8,19H,9-10H2,1H3,(H,21,22)/b20-8+. The number of nitrogens with zero attached hydrogens (tertiary/aromatic N) is 1. The lowest BCUT2D eigenvalue weighted by Gasteiger charge is -2.06. The maximum Gasteiger partial charge on any atom is 0.259 e. The zero-order chi connectivity index (χ0) is 16.9. The predicted octanol–water partition coefficient (Wildman–Crippen LogP) is 2.94. The van der Waals surface area contributed by atoms with E-state index in [-0.39, 0.29) is 19.2 Å². The molecule has 6 nitrogen and oxygen atoms in total. The first-order valence-electron chi connectivity index (χ1n) is 7.33. The monoisotopic (exact) mass is 345 g/mol. The van der Waals surface area contributed by atoms with Gasteiger partial charge in [0.25, 0.3) is 5.91 Å². The van der Waals surface area contributed by atoms with Crippen molar-refractivity contribution in [2.24, 2.45) is 5.10 Å². The van der Waals surface area contributed by atoms with Crippen LogP contribution < -0.4 is 20.2 Å². The van der Waals surface area contributed by atoms with Crippen LogP contribution in [-0.4, -0.2) is 25.5 Å². The third kappa shape index (κ3) is 3.97. The van der Waals surface area contributed by atoms with Crippen LogP contribution in [0.15, 0.2) is 41.5 Å². The van der Waals surface area contributed by atoms with Gasteiger partial charge in [0.05, 0.1) is 17.8 Å². The molecule has 1 amide bonds. The van der Waals surface area contributed by atoms with Gasteiger partial charge in [0.2, 0.25) is 6.79 Å². The Morgan fingerprint density at radius 2 is 2.08 bits per heavy atom. The summed E-state index contributed by atoms with van der Waals surface area (Å²) in [6, 6.07) is 11.1. The lowest BCUT2D eigenvalue weighted by Crippen LogP contribution is -2.25. The number of rotatable bonds is 5. The van der Waals surface area contributed by atoms with E-state index in [1.54, 1.807) is 12.1 Å². The first-order chi connectivity index (χ1) is 11.6. The second-order valence-electron chi connectivity index (χ2n) is 5.24. The maximum absolute atomic E-state index is 11.8. The number of hydrogen-bond donors (Lipinski definition) is 2. The summed E-state index contributed by atoms with van der Waals surface area (Å²) in [5.41, 5.74) is 5.08. The lowest BCUT2D eigenvalue weighted by atomic mass is 10.2. The van der Waals surface area contributed by atoms with E-state index in [4.69, 9.17) is 21.1 Å². The van der Waals surface area contributed by atoms with Crippen LogP contribution >= 0.6 is 11.6 Å². The molecule has 2 N–H and O–H groups in total. The second kappa shape index (κ2) is 7.23. The lowest BCUT2D eigenvalue weighted by molar-refractivity contribution is -0.119. The van der Waals surface area contributed by atoms with E-state index >= 15 is 0 Å². The number of carbonyl (C=O) groups is 1. The van der Waals surface area contributed by atoms with Gasteiger partial charge in [-0.15, -0.1) is 0 Å². The van der Waals surface area contributed by atoms with Crippen LogP contribution in [0.1, 0.15) is 11.1 Å². The van der Waals surface area contributed by atoms with Gasteiger partial charge in [0, 0.05) is 17.3 Å². The molecule has 0 spiro atoms. The molecule has 0 atom stereocenters. The van der Waals surface area contributed by atoms with Crippen molar-refractivity contribution in [2.45, 2.75) is 6.92 Å². The van der Waals surface area contributed by atoms with Crippen molar-refractivity contribution < 1.29 is 14.3 Å². The average Bonchev–Trinajstić information content (AvgIpc) is 3.00. The SMILES string of the molecule is Cc1cccc(NCC(=O)N/N=C/c2cc3c(cc2Cl)OCO3)c1. The molecule has 0 fully saturated rings. The zero-order valence-corrected chi connectivity index (χ0v) is 13.8. The highest BCUT2D eigenvalue weighted by atomic mass is 35.5. The molecule has 2 aromatic rings. The van der Waals surface area contributed by atoms with E-state index in [0.29, 0.717) is 22.1 Å². The molecule has 0 bridgehead atoms. The van der Waals surface area contributed by atoms with Gasteiger partial charge in [-0.3, -0.25) is 4.79 Å². The Hall–Kier alpha value is -2.73. The highest BCUT2D eigenvalue weighted by Gasteiger charge is 2.15. The van der Waals surface area contributed by atoms with E-state index in [2.05, 4.69) is 15.8 Å². The molecule has 124 valence electrons. The minimum absolute atomic E-state index is 0.121. The summed E-state index contributed by atoms with van der Waals surface area (Å²) in [6.45, 7) is 2.29. The number of nitrogens with one attached hydrogen (secondary N) is 2. The molecule has 0 unspecified atom stereocenters. The summed E-state index contributed by atoms with van der Waals surface area (Å²) in [5, 5.41) is 7.41. The Labute approximate surface area is 144 Å². The highest BCUT2D eigenvalue weighted by molar-refractivity contribution is 6.33. The largest absolute Gasteiger partial charge is 0.454 e. The first-order valence-corrected chi connectivity index (χ1v) is 7.71. The molecule has 1 aliphatic heterocycles. The van der Waals surface area contributed by atoms with E-state index in [0.717, 1.165) is 11.3 Å². The van der Waals surface area contributed by atoms with Crippen LogP contribution in [-0.2, 0) is 4.79 Å². The summed E-state index contributed by atoms with van der Waals surface area (Å²) >= 11 is 6.13. The molecular weight excluding hydrogens is 330 g/mol. The summed E-state index contributed by atoms with van der Waals surface area (Å²) < 4.78 is 10.5. The fourth-order valence-corrected chi connectivity index (χ4v) is 2.38. The number of carbonyl (C=O) groups excluding carboxylic acids is 1. The molecular formula is C17H16ClN3O3. The van der Waals surface area contributed by atoms with Crippen LogP contribution in [0.25, 0.3) is 0 Å². The smallest absolute Gasteiger partial charge is 0.259 e. The third-order valence-electron chi connectivity index (χ3n) is 3.36. The Morgan fingerprint density at radius 3 is 2.88 bits per heavy atom. The van der Waals surface area contributed by atoms with Crippen molar-refractivity contribution in [1.29, 1.82) is 0 Å². The molecule has 0 radical (unpaired) electrons. The molecule has 7 heteroatoms. The van der Waals surface area contributed by atoms with E-state index in [1.165, 1.54) is 6.21 Å². The number of hydrogen-bond acceptors (Lipinski definition) is 5. The van der Waals surface area contributed by atoms with Crippen LogP contribution in [0, 0.1) is 6.92 Å². The van der Waals surface area contributed by atoms with Crippen LogP contribution in [0.4, 0.5) is 5.69 Å². The predicted molar refractivity (Wildman–Crippen MR) is 93.0 cm³/mol. The van der Waals surface area contributed by atoms with Gasteiger partial charge in [0.15, 0.2) is 11.5 Å². The van der Waals surface area contributed by atoms with Crippen molar-refractivity contribution in [3.63, 3.8) is 0 Å². The average molecular weight is 346 g/mol. The number of anilines is 1. The van der Waals surface area contributed by atoms with Gasteiger partial charge >= 0.3 is 0 Å². The number of amides is 1. The summed E-state index contributed by atoms with van der Waals surface area (Å²) in [5.74, 6) is 0.946. The summed E-state index contributed by atoms with van der Waals surface area (Å²) in [6.07, 6.45) is 1.47. The van der Waals surface area contributed by atoms with Gasteiger partial charge in [-0.2, -0.15) is 5.10 Å². The number of benzene rings is 2. The fourth-order valence-electron chi connectivity index (χ4n) is 2.18. The molecule has 1 aliphatic rings. The van der Waals surface area contributed by atoms with Gasteiger partial charge in [-0.1, -0.05) is 23.7 Å². The molecule has 0 saturated heterocycles. The molecule has 0 aliphatic carbocycles. The van der Waals surface area contributed by atoms with Gasteiger partial charge in [0.1, 0.15) is 0 Å². The number of halogens is 1. The zero-order valence-electron chi connectivity index (χ0n) is 13.0. The molecule has 0 saturated carbocycles. The van der Waals surface area contributed by atoms with E-state index < -0.39 is 0 Å². The molecule has 24 heavy (non-hydrogen) atoms. The third-order valence-corrected chi connectivity index (χ3v) is 3.68. The summed E-state index contributed by atoms with van der Waals surface area (Å²) in [4.78, 5) is 11.8. The van der Waals surface area contributed by atoms with E-state index in [1.807, 2.05) is 31.2 Å². The quantitative estimate of drug-likeness (QED) is 0.645. The van der Waals surface area contributed by atoms with Crippen molar-refractivity contribution in [3.8, 4) is 11.5 Å². The number of hydrazone groups is 1. The Balaban J connectivity index is 1.53. The Bertz CT molecular complexity index is 793. The van der Waals surface area contributed by atoms with Gasteiger partial charge in [-0.25, -0.2) is 5.43 Å². The minimum atomic E-state index is -0.260. The van der Waals surface area contributed by atoms with Crippen molar-refractivity contribution in [1.82, 2.24) is 5.43 Å². The second-order valence-corrected chi connectivity index (χ2v) is 5.65. The fraction of sp³-hybridized carbons (Fsp3) is 0.176. The number of aryl methyl sites for hydroxylation is 1. The first kappa shape index (κ1) is 16.1. The normalized spacial score (nSPS) is 12.4.